The Morgan fingerprint density at radius 3 is 2.52 bits per heavy atom. The minimum atomic E-state index is -3.13. The summed E-state index contributed by atoms with van der Waals surface area (Å²) in [6.45, 7) is 3.69. The summed E-state index contributed by atoms with van der Waals surface area (Å²) in [4.78, 5) is 2.03. The lowest BCUT2D eigenvalue weighted by atomic mass is 10.1. The molecular weight excluding hydrogens is 354 g/mol. The molecule has 1 heterocycles. The maximum Gasteiger partial charge on any atom is 0.213 e. The van der Waals surface area contributed by atoms with Gasteiger partial charge in [0.1, 0.15) is 6.04 Å². The molecule has 0 amide bonds. The van der Waals surface area contributed by atoms with Crippen LogP contribution in [0.4, 0.5) is 0 Å². The third-order valence-electron chi connectivity index (χ3n) is 3.68. The maximum absolute atomic E-state index is 11.9. The van der Waals surface area contributed by atoms with E-state index in [4.69, 9.17) is 0 Å². The van der Waals surface area contributed by atoms with Crippen LogP contribution >= 0.6 is 15.9 Å². The van der Waals surface area contributed by atoms with E-state index in [-0.39, 0.29) is 11.8 Å². The van der Waals surface area contributed by atoms with Crippen LogP contribution in [0.25, 0.3) is 0 Å². The Hall–Kier alpha value is -0.940. The number of nitrogens with zero attached hydrogens (tertiary/aromatic N) is 3. The Labute approximate surface area is 134 Å². The highest BCUT2D eigenvalue weighted by Crippen LogP contribution is 2.24. The molecule has 0 bridgehead atoms. The molecule has 21 heavy (non-hydrogen) atoms. The zero-order chi connectivity index (χ0) is 15.5. The third-order valence-corrected chi connectivity index (χ3v) is 6.06. The molecule has 5 nitrogen and oxygen atoms in total. The number of benzene rings is 1. The second kappa shape index (κ2) is 6.88. The van der Waals surface area contributed by atoms with Crippen LogP contribution in [0.15, 0.2) is 28.7 Å². The van der Waals surface area contributed by atoms with Gasteiger partial charge in [-0.05, 0) is 24.6 Å². The van der Waals surface area contributed by atoms with E-state index in [1.165, 1.54) is 4.31 Å². The first-order valence-electron chi connectivity index (χ1n) is 6.85. The predicted molar refractivity (Wildman–Crippen MR) is 85.1 cm³/mol. The highest BCUT2D eigenvalue weighted by molar-refractivity contribution is 9.10. The van der Waals surface area contributed by atoms with Gasteiger partial charge in [-0.3, -0.25) is 4.90 Å². The molecule has 1 aromatic carbocycles. The quantitative estimate of drug-likeness (QED) is 0.811. The van der Waals surface area contributed by atoms with Gasteiger partial charge in [-0.1, -0.05) is 28.1 Å². The summed E-state index contributed by atoms with van der Waals surface area (Å²) in [6, 6.07) is 9.66. The van der Waals surface area contributed by atoms with Gasteiger partial charge in [-0.25, -0.2) is 8.42 Å². The Balaban J connectivity index is 2.09. The van der Waals surface area contributed by atoms with Crippen molar-refractivity contribution in [3.05, 3.63) is 34.3 Å². The van der Waals surface area contributed by atoms with Crippen LogP contribution in [0.1, 0.15) is 18.5 Å². The number of hydrogen-bond donors (Lipinski definition) is 0. The van der Waals surface area contributed by atoms with Crippen molar-refractivity contribution < 1.29 is 8.42 Å². The molecule has 114 valence electrons. The van der Waals surface area contributed by atoms with Crippen molar-refractivity contribution in [2.45, 2.75) is 13.0 Å². The van der Waals surface area contributed by atoms with E-state index < -0.39 is 10.0 Å². The smallest absolute Gasteiger partial charge is 0.213 e. The highest BCUT2D eigenvalue weighted by atomic mass is 79.9. The number of rotatable bonds is 4. The SMILES string of the molecule is CCS(=O)(=O)N1CCN(C(C#N)c2cccc(Br)c2)CC1. The van der Waals surface area contributed by atoms with Crippen LogP contribution in [-0.4, -0.2) is 49.6 Å². The number of piperazine rings is 1. The normalized spacial score (nSPS) is 19.1. The van der Waals surface area contributed by atoms with Crippen LogP contribution in [0.5, 0.6) is 0 Å². The van der Waals surface area contributed by atoms with Crippen molar-refractivity contribution >= 4 is 26.0 Å². The molecule has 1 aliphatic rings. The molecule has 2 rings (SSSR count). The van der Waals surface area contributed by atoms with Crippen LogP contribution in [-0.2, 0) is 10.0 Å². The molecule has 1 fully saturated rings. The summed E-state index contributed by atoms with van der Waals surface area (Å²) < 4.78 is 26.2. The number of sulfonamides is 1. The summed E-state index contributed by atoms with van der Waals surface area (Å²) in [5.74, 6) is 0.125. The number of hydrogen-bond acceptors (Lipinski definition) is 4. The van der Waals surface area contributed by atoms with Crippen molar-refractivity contribution in [1.29, 1.82) is 5.26 Å². The average molecular weight is 372 g/mol. The minimum Gasteiger partial charge on any atom is -0.282 e. The zero-order valence-corrected chi connectivity index (χ0v) is 14.3. The van der Waals surface area contributed by atoms with Crippen molar-refractivity contribution in [2.24, 2.45) is 0 Å². The minimum absolute atomic E-state index is 0.125. The molecule has 1 aromatic rings. The molecule has 0 N–H and O–H groups in total. The molecule has 1 saturated heterocycles. The van der Waals surface area contributed by atoms with Gasteiger partial charge in [0, 0.05) is 30.7 Å². The Morgan fingerprint density at radius 1 is 1.33 bits per heavy atom. The summed E-state index contributed by atoms with van der Waals surface area (Å²) in [5, 5.41) is 9.46. The lowest BCUT2D eigenvalue weighted by Gasteiger charge is -2.36. The van der Waals surface area contributed by atoms with Crippen LogP contribution < -0.4 is 0 Å². The Bertz CT molecular complexity index is 634. The predicted octanol–water partition coefficient (Wildman–Crippen LogP) is 1.98. The average Bonchev–Trinajstić information content (AvgIpc) is 2.49. The molecule has 1 unspecified atom stereocenters. The van der Waals surface area contributed by atoms with Crippen molar-refractivity contribution in [3.8, 4) is 6.07 Å². The fourth-order valence-corrected chi connectivity index (χ4v) is 3.97. The summed E-state index contributed by atoms with van der Waals surface area (Å²) in [5.41, 5.74) is 0.929. The number of halogens is 1. The van der Waals surface area contributed by atoms with E-state index >= 15 is 0 Å². The molecule has 0 aliphatic carbocycles. The highest BCUT2D eigenvalue weighted by Gasteiger charge is 2.29. The van der Waals surface area contributed by atoms with Gasteiger partial charge in [0.15, 0.2) is 0 Å². The molecule has 7 heteroatoms. The van der Waals surface area contributed by atoms with Gasteiger partial charge < -0.3 is 0 Å². The maximum atomic E-state index is 11.9. The summed E-state index contributed by atoms with van der Waals surface area (Å²) >= 11 is 3.41. The van der Waals surface area contributed by atoms with E-state index in [9.17, 15) is 13.7 Å². The zero-order valence-electron chi connectivity index (χ0n) is 11.9. The van der Waals surface area contributed by atoms with Gasteiger partial charge in [0.25, 0.3) is 0 Å². The lowest BCUT2D eigenvalue weighted by molar-refractivity contribution is 0.162. The molecule has 0 aromatic heterocycles. The van der Waals surface area contributed by atoms with Gasteiger partial charge >= 0.3 is 0 Å². The van der Waals surface area contributed by atoms with Crippen molar-refractivity contribution in [3.63, 3.8) is 0 Å². The van der Waals surface area contributed by atoms with E-state index in [0.717, 1.165) is 10.0 Å². The van der Waals surface area contributed by atoms with Crippen molar-refractivity contribution in [2.75, 3.05) is 31.9 Å². The van der Waals surface area contributed by atoms with Gasteiger partial charge in [0.2, 0.25) is 10.0 Å². The molecule has 1 atom stereocenters. The topological polar surface area (TPSA) is 64.4 Å². The van der Waals surface area contributed by atoms with E-state index in [1.54, 1.807) is 6.92 Å². The first kappa shape index (κ1) is 16.4. The summed E-state index contributed by atoms with van der Waals surface area (Å²) in [7, 11) is -3.13. The van der Waals surface area contributed by atoms with E-state index in [1.807, 2.05) is 29.2 Å². The molecule has 0 saturated carbocycles. The first-order valence-corrected chi connectivity index (χ1v) is 9.25. The third kappa shape index (κ3) is 3.83. The van der Waals surface area contributed by atoms with Gasteiger partial charge in [-0.15, -0.1) is 0 Å². The van der Waals surface area contributed by atoms with Crippen LogP contribution in [0, 0.1) is 11.3 Å². The molecular formula is C14H18BrN3O2S. The van der Waals surface area contributed by atoms with Crippen LogP contribution in [0.3, 0.4) is 0 Å². The van der Waals surface area contributed by atoms with E-state index in [2.05, 4.69) is 22.0 Å². The largest absolute Gasteiger partial charge is 0.282 e. The lowest BCUT2D eigenvalue weighted by Crippen LogP contribution is -2.49. The van der Waals surface area contributed by atoms with Gasteiger partial charge in [0.05, 0.1) is 11.8 Å². The molecule has 0 spiro atoms. The first-order chi connectivity index (χ1) is 9.97. The Morgan fingerprint density at radius 2 is 2.00 bits per heavy atom. The van der Waals surface area contributed by atoms with E-state index in [0.29, 0.717) is 26.2 Å². The monoisotopic (exact) mass is 371 g/mol. The van der Waals surface area contributed by atoms with Crippen LogP contribution in [0.2, 0.25) is 0 Å². The Kier molecular flexibility index (Phi) is 5.38. The molecule has 1 aliphatic heterocycles. The van der Waals surface area contributed by atoms with Crippen molar-refractivity contribution in [1.82, 2.24) is 9.21 Å². The number of nitriles is 1. The summed E-state index contributed by atoms with van der Waals surface area (Å²) in [6.07, 6.45) is 0. The second-order valence-electron chi connectivity index (χ2n) is 4.92. The fourth-order valence-electron chi connectivity index (χ4n) is 2.47. The standard InChI is InChI=1S/C14H18BrN3O2S/c1-2-21(19,20)18-8-6-17(7-9-18)14(11-16)12-4-3-5-13(15)10-12/h3-5,10,14H,2,6-9H2,1H3. The fraction of sp³-hybridized carbons (Fsp3) is 0.500. The van der Waals surface area contributed by atoms with Gasteiger partial charge in [-0.2, -0.15) is 9.57 Å². The second-order valence-corrected chi connectivity index (χ2v) is 8.10. The molecule has 0 radical (unpaired) electrons.